The number of nitrogens with one attached hydrogen (secondary N) is 1. The number of likely N-dealkylation sites (N-methyl/N-ethyl adjacent to an activating group) is 1. The number of hydrogen-bond donors (Lipinski definition) is 1. The lowest BCUT2D eigenvalue weighted by Crippen LogP contribution is -2.46. The zero-order valence-corrected chi connectivity index (χ0v) is 16.8. The molecule has 1 aromatic carbocycles. The van der Waals surface area contributed by atoms with Crippen LogP contribution < -0.4 is 15.1 Å². The molecule has 1 aliphatic heterocycles. The molecule has 2 aromatic rings. The highest BCUT2D eigenvalue weighted by Gasteiger charge is 2.41. The lowest BCUT2D eigenvalue weighted by Gasteiger charge is -2.29. The van der Waals surface area contributed by atoms with Crippen molar-refractivity contribution in [2.75, 3.05) is 29.2 Å². The van der Waals surface area contributed by atoms with Crippen LogP contribution in [-0.2, 0) is 15.8 Å². The van der Waals surface area contributed by atoms with Crippen LogP contribution in [0.25, 0.3) is 0 Å². The second-order valence-electron chi connectivity index (χ2n) is 7.10. The van der Waals surface area contributed by atoms with E-state index in [1.807, 2.05) is 0 Å². The first kappa shape index (κ1) is 22.4. The number of benzene rings is 1. The average molecular weight is 442 g/mol. The van der Waals surface area contributed by atoms with Gasteiger partial charge in [0, 0.05) is 32.3 Å². The molecule has 0 radical (unpaired) electrons. The van der Waals surface area contributed by atoms with E-state index in [1.165, 1.54) is 21.0 Å². The minimum absolute atomic E-state index is 0.0195. The van der Waals surface area contributed by atoms with Gasteiger partial charge in [0.15, 0.2) is 5.82 Å². The normalized spacial score (nSPS) is 16.6. The number of carbonyl (C=O) groups excluding carboxylic acids is 2. The third-order valence-corrected chi connectivity index (χ3v) is 4.99. The standard InChI is InChI=1S/C20H19F5N4O2/c1-10-6-11(20(23,24)25)7-16(27-10)29-14(4-5-17(29)30)19(31)28(3)15-9-12(21)8-13(22)18(15)26-2/h6-9,14,26H,4-5H2,1-3H3. The van der Waals surface area contributed by atoms with Crippen LogP contribution in [0.2, 0.25) is 0 Å². The monoisotopic (exact) mass is 442 g/mol. The van der Waals surface area contributed by atoms with Gasteiger partial charge in [-0.15, -0.1) is 0 Å². The number of rotatable bonds is 4. The third kappa shape index (κ3) is 4.30. The van der Waals surface area contributed by atoms with Crippen molar-refractivity contribution >= 4 is 29.0 Å². The van der Waals surface area contributed by atoms with Crippen LogP contribution in [0.1, 0.15) is 24.1 Å². The predicted octanol–water partition coefficient (Wildman–Crippen LogP) is 3.89. The van der Waals surface area contributed by atoms with Gasteiger partial charge in [-0.2, -0.15) is 13.2 Å². The molecule has 1 aromatic heterocycles. The maximum atomic E-state index is 14.1. The molecule has 3 rings (SSSR count). The Morgan fingerprint density at radius 3 is 2.52 bits per heavy atom. The minimum Gasteiger partial charge on any atom is -0.384 e. The molecular formula is C20H19F5N4O2. The molecule has 166 valence electrons. The fraction of sp³-hybridized carbons (Fsp3) is 0.350. The van der Waals surface area contributed by atoms with Crippen molar-refractivity contribution in [3.05, 3.63) is 47.2 Å². The lowest BCUT2D eigenvalue weighted by atomic mass is 10.1. The van der Waals surface area contributed by atoms with Crippen LogP contribution in [0.5, 0.6) is 0 Å². The molecule has 1 fully saturated rings. The largest absolute Gasteiger partial charge is 0.416 e. The van der Waals surface area contributed by atoms with E-state index in [-0.39, 0.29) is 35.7 Å². The molecule has 0 saturated carbocycles. The summed E-state index contributed by atoms with van der Waals surface area (Å²) < 4.78 is 67.5. The summed E-state index contributed by atoms with van der Waals surface area (Å²) in [6.07, 6.45) is -4.73. The first-order valence-corrected chi connectivity index (χ1v) is 9.26. The topological polar surface area (TPSA) is 65.5 Å². The van der Waals surface area contributed by atoms with Crippen molar-refractivity contribution in [2.24, 2.45) is 0 Å². The number of amides is 2. The summed E-state index contributed by atoms with van der Waals surface area (Å²) in [4.78, 5) is 31.5. The third-order valence-electron chi connectivity index (χ3n) is 4.99. The summed E-state index contributed by atoms with van der Waals surface area (Å²) in [7, 11) is 2.65. The summed E-state index contributed by atoms with van der Waals surface area (Å²) in [5.41, 5.74) is -1.23. The van der Waals surface area contributed by atoms with Crippen molar-refractivity contribution in [1.82, 2.24) is 4.98 Å². The SMILES string of the molecule is CNc1c(F)cc(F)cc1N(C)C(=O)C1CCC(=O)N1c1cc(C(F)(F)F)cc(C)n1. The zero-order valence-electron chi connectivity index (χ0n) is 16.8. The maximum absolute atomic E-state index is 14.1. The van der Waals surface area contributed by atoms with Gasteiger partial charge in [0.1, 0.15) is 17.7 Å². The molecule has 6 nitrogen and oxygen atoms in total. The van der Waals surface area contributed by atoms with Crippen LogP contribution in [0.4, 0.5) is 39.1 Å². The van der Waals surface area contributed by atoms with E-state index in [1.54, 1.807) is 0 Å². The molecule has 1 N–H and O–H groups in total. The molecule has 1 atom stereocenters. The van der Waals surface area contributed by atoms with Crippen LogP contribution in [0, 0.1) is 18.6 Å². The van der Waals surface area contributed by atoms with Crippen molar-refractivity contribution in [3.63, 3.8) is 0 Å². The van der Waals surface area contributed by atoms with E-state index in [2.05, 4.69) is 10.3 Å². The van der Waals surface area contributed by atoms with Gasteiger partial charge in [0.05, 0.1) is 16.9 Å². The molecule has 1 aliphatic rings. The van der Waals surface area contributed by atoms with Crippen LogP contribution in [0.15, 0.2) is 24.3 Å². The first-order chi connectivity index (χ1) is 14.4. The van der Waals surface area contributed by atoms with Gasteiger partial charge in [-0.25, -0.2) is 13.8 Å². The van der Waals surface area contributed by atoms with Gasteiger partial charge in [-0.3, -0.25) is 14.5 Å². The zero-order chi connectivity index (χ0) is 23.1. The highest BCUT2D eigenvalue weighted by molar-refractivity contribution is 6.08. The summed E-state index contributed by atoms with van der Waals surface area (Å²) in [6, 6.07) is 1.96. The van der Waals surface area contributed by atoms with E-state index in [0.29, 0.717) is 12.1 Å². The number of anilines is 3. The Bertz CT molecular complexity index is 1040. The Labute approximate surface area is 174 Å². The summed E-state index contributed by atoms with van der Waals surface area (Å²) in [5.74, 6) is -3.44. The molecule has 1 unspecified atom stereocenters. The predicted molar refractivity (Wildman–Crippen MR) is 104 cm³/mol. The number of aryl methyl sites for hydroxylation is 1. The Morgan fingerprint density at radius 2 is 1.90 bits per heavy atom. The Morgan fingerprint density at radius 1 is 1.23 bits per heavy atom. The number of carbonyl (C=O) groups is 2. The number of aromatic nitrogens is 1. The second-order valence-corrected chi connectivity index (χ2v) is 7.10. The highest BCUT2D eigenvalue weighted by atomic mass is 19.4. The number of nitrogens with zero attached hydrogens (tertiary/aromatic N) is 3. The molecule has 2 heterocycles. The molecule has 11 heteroatoms. The number of alkyl halides is 3. The van der Waals surface area contributed by atoms with E-state index in [9.17, 15) is 31.5 Å². The van der Waals surface area contributed by atoms with Crippen LogP contribution in [0.3, 0.4) is 0 Å². The van der Waals surface area contributed by atoms with E-state index in [0.717, 1.165) is 21.9 Å². The fourth-order valence-corrected chi connectivity index (χ4v) is 3.56. The molecule has 1 saturated heterocycles. The lowest BCUT2D eigenvalue weighted by molar-refractivity contribution is -0.137. The van der Waals surface area contributed by atoms with Gasteiger partial charge in [0.2, 0.25) is 11.8 Å². The van der Waals surface area contributed by atoms with Crippen molar-refractivity contribution in [3.8, 4) is 0 Å². The van der Waals surface area contributed by atoms with Crippen molar-refractivity contribution in [2.45, 2.75) is 32.0 Å². The summed E-state index contributed by atoms with van der Waals surface area (Å²) >= 11 is 0. The average Bonchev–Trinajstić information content (AvgIpc) is 3.06. The van der Waals surface area contributed by atoms with Crippen LogP contribution in [-0.4, -0.2) is 36.9 Å². The maximum Gasteiger partial charge on any atom is 0.416 e. The molecular weight excluding hydrogens is 423 g/mol. The van der Waals surface area contributed by atoms with E-state index in [4.69, 9.17) is 0 Å². The Balaban J connectivity index is 2.01. The van der Waals surface area contributed by atoms with E-state index >= 15 is 0 Å². The Hall–Kier alpha value is -3.24. The molecule has 31 heavy (non-hydrogen) atoms. The van der Waals surface area contributed by atoms with Gasteiger partial charge in [-0.05, 0) is 31.5 Å². The summed E-state index contributed by atoms with van der Waals surface area (Å²) in [6.45, 7) is 1.34. The fourth-order valence-electron chi connectivity index (χ4n) is 3.56. The van der Waals surface area contributed by atoms with Gasteiger partial charge in [-0.1, -0.05) is 0 Å². The number of pyridine rings is 1. The molecule has 0 bridgehead atoms. The number of hydrogen-bond acceptors (Lipinski definition) is 4. The minimum atomic E-state index is -4.66. The summed E-state index contributed by atoms with van der Waals surface area (Å²) in [5, 5.41) is 2.55. The second kappa shape index (κ2) is 8.12. The van der Waals surface area contributed by atoms with Gasteiger partial charge in [0.25, 0.3) is 0 Å². The molecule has 0 spiro atoms. The van der Waals surface area contributed by atoms with Crippen molar-refractivity contribution in [1.29, 1.82) is 0 Å². The first-order valence-electron chi connectivity index (χ1n) is 9.26. The van der Waals surface area contributed by atoms with Crippen molar-refractivity contribution < 1.29 is 31.5 Å². The van der Waals surface area contributed by atoms with Gasteiger partial charge < -0.3 is 10.2 Å². The molecule has 0 aliphatic carbocycles. The highest BCUT2D eigenvalue weighted by Crippen LogP contribution is 2.35. The molecule has 2 amide bonds. The smallest absolute Gasteiger partial charge is 0.384 e. The van der Waals surface area contributed by atoms with E-state index < -0.39 is 41.2 Å². The Kier molecular flexibility index (Phi) is 5.88. The quantitative estimate of drug-likeness (QED) is 0.730. The van der Waals surface area contributed by atoms with Gasteiger partial charge >= 0.3 is 6.18 Å². The van der Waals surface area contributed by atoms with Crippen LogP contribution >= 0.6 is 0 Å². The number of halogens is 5.